The van der Waals surface area contributed by atoms with Gasteiger partial charge in [-0.2, -0.15) is 0 Å². The summed E-state index contributed by atoms with van der Waals surface area (Å²) < 4.78 is 18.1. The zero-order valence-corrected chi connectivity index (χ0v) is 10.8. The number of rotatable bonds is 5. The van der Waals surface area contributed by atoms with Crippen molar-refractivity contribution in [3.8, 4) is 0 Å². The number of alkyl halides is 1. The number of hydrogen-bond acceptors (Lipinski definition) is 3. The topological polar surface area (TPSA) is 43.4 Å². The van der Waals surface area contributed by atoms with E-state index in [9.17, 15) is 14.0 Å². The molecule has 3 nitrogen and oxygen atoms in total. The summed E-state index contributed by atoms with van der Waals surface area (Å²) in [5, 5.41) is 0. The number of halogens is 1. The fourth-order valence-electron chi connectivity index (χ4n) is 1.62. The first-order valence-corrected chi connectivity index (χ1v) is 5.83. The van der Waals surface area contributed by atoms with Gasteiger partial charge in [-0.3, -0.25) is 4.79 Å². The number of ketones is 1. The van der Waals surface area contributed by atoms with Gasteiger partial charge in [0.25, 0.3) is 5.78 Å². The summed E-state index contributed by atoms with van der Waals surface area (Å²) in [6.07, 6.45) is 0.191. The van der Waals surface area contributed by atoms with E-state index < -0.39 is 17.4 Å². The molecule has 0 aliphatic heterocycles. The summed E-state index contributed by atoms with van der Waals surface area (Å²) >= 11 is 0. The maximum Gasteiger partial charge on any atom is 0.379 e. The minimum absolute atomic E-state index is 0.155. The lowest BCUT2D eigenvalue weighted by molar-refractivity contribution is -0.137. The smallest absolute Gasteiger partial charge is 0.379 e. The standard InChI is InChI=1S/C14H17FO3/c1-4-18-13(17)12(16)11-7-5-6-10(8-11)9-14(2,3)15/h5-8H,4,9H2,1-3H3. The van der Waals surface area contributed by atoms with Crippen LogP contribution in [0.3, 0.4) is 0 Å². The van der Waals surface area contributed by atoms with Gasteiger partial charge in [0.05, 0.1) is 6.61 Å². The van der Waals surface area contributed by atoms with Crippen molar-refractivity contribution in [2.24, 2.45) is 0 Å². The Morgan fingerprint density at radius 2 is 2.00 bits per heavy atom. The highest BCUT2D eigenvalue weighted by Gasteiger charge is 2.20. The van der Waals surface area contributed by atoms with Crippen LogP contribution in [0.1, 0.15) is 36.7 Å². The van der Waals surface area contributed by atoms with Gasteiger partial charge in [0, 0.05) is 12.0 Å². The van der Waals surface area contributed by atoms with Crippen molar-refractivity contribution < 1.29 is 18.7 Å². The van der Waals surface area contributed by atoms with Crippen molar-refractivity contribution in [3.63, 3.8) is 0 Å². The molecule has 0 radical (unpaired) electrons. The maximum absolute atomic E-state index is 13.5. The van der Waals surface area contributed by atoms with E-state index in [1.165, 1.54) is 26.0 Å². The molecule has 0 saturated carbocycles. The van der Waals surface area contributed by atoms with Gasteiger partial charge in [-0.05, 0) is 32.4 Å². The number of carbonyl (C=O) groups is 2. The van der Waals surface area contributed by atoms with Crippen LogP contribution in [-0.4, -0.2) is 24.0 Å². The second kappa shape index (κ2) is 5.76. The van der Waals surface area contributed by atoms with Gasteiger partial charge >= 0.3 is 5.97 Å². The van der Waals surface area contributed by atoms with E-state index in [0.717, 1.165) is 0 Å². The van der Waals surface area contributed by atoms with Crippen molar-refractivity contribution in [3.05, 3.63) is 35.4 Å². The zero-order valence-electron chi connectivity index (χ0n) is 10.8. The van der Waals surface area contributed by atoms with Gasteiger partial charge in [-0.15, -0.1) is 0 Å². The average Bonchev–Trinajstić information content (AvgIpc) is 2.26. The highest BCUT2D eigenvalue weighted by Crippen LogP contribution is 2.17. The molecule has 4 heteroatoms. The highest BCUT2D eigenvalue weighted by molar-refractivity contribution is 6.40. The predicted octanol–water partition coefficient (Wildman–Crippen LogP) is 2.72. The van der Waals surface area contributed by atoms with E-state index in [0.29, 0.717) is 5.56 Å². The number of esters is 1. The van der Waals surface area contributed by atoms with Crippen molar-refractivity contribution in [1.29, 1.82) is 0 Å². The molecule has 0 atom stereocenters. The van der Waals surface area contributed by atoms with E-state index in [4.69, 9.17) is 0 Å². The number of benzene rings is 1. The summed E-state index contributed by atoms with van der Waals surface area (Å²) in [5.74, 6) is -1.58. The van der Waals surface area contributed by atoms with E-state index in [2.05, 4.69) is 4.74 Å². The Morgan fingerprint density at radius 1 is 1.33 bits per heavy atom. The summed E-state index contributed by atoms with van der Waals surface area (Å²) in [6.45, 7) is 4.72. The molecular formula is C14H17FO3. The second-order valence-electron chi connectivity index (χ2n) is 4.65. The third-order valence-electron chi connectivity index (χ3n) is 2.27. The van der Waals surface area contributed by atoms with E-state index in [-0.39, 0.29) is 18.6 Å². The van der Waals surface area contributed by atoms with E-state index >= 15 is 0 Å². The molecule has 98 valence electrons. The molecule has 1 rings (SSSR count). The number of carbonyl (C=O) groups excluding carboxylic acids is 2. The highest BCUT2D eigenvalue weighted by atomic mass is 19.1. The minimum atomic E-state index is -1.36. The Hall–Kier alpha value is -1.71. The summed E-state index contributed by atoms with van der Waals surface area (Å²) in [6, 6.07) is 6.41. The molecule has 1 aromatic rings. The van der Waals surface area contributed by atoms with Crippen molar-refractivity contribution in [2.45, 2.75) is 32.9 Å². The lowest BCUT2D eigenvalue weighted by Gasteiger charge is -2.14. The van der Waals surface area contributed by atoms with Crippen molar-refractivity contribution >= 4 is 11.8 Å². The maximum atomic E-state index is 13.5. The third-order valence-corrected chi connectivity index (χ3v) is 2.27. The molecule has 0 aliphatic carbocycles. The molecule has 0 bridgehead atoms. The first-order valence-electron chi connectivity index (χ1n) is 5.83. The van der Waals surface area contributed by atoms with Crippen LogP contribution < -0.4 is 0 Å². The van der Waals surface area contributed by atoms with Gasteiger partial charge in [0.2, 0.25) is 0 Å². The Kier molecular flexibility index (Phi) is 4.59. The van der Waals surface area contributed by atoms with Crippen molar-refractivity contribution in [2.75, 3.05) is 6.61 Å². The second-order valence-corrected chi connectivity index (χ2v) is 4.65. The van der Waals surface area contributed by atoms with Crippen LogP contribution in [0.5, 0.6) is 0 Å². The Balaban J connectivity index is 2.88. The molecular weight excluding hydrogens is 235 g/mol. The summed E-state index contributed by atoms with van der Waals surface area (Å²) in [7, 11) is 0. The van der Waals surface area contributed by atoms with Crippen LogP contribution in [0, 0.1) is 0 Å². The van der Waals surface area contributed by atoms with Crippen molar-refractivity contribution in [1.82, 2.24) is 0 Å². The monoisotopic (exact) mass is 252 g/mol. The Morgan fingerprint density at radius 3 is 2.56 bits per heavy atom. The minimum Gasteiger partial charge on any atom is -0.460 e. The molecule has 18 heavy (non-hydrogen) atoms. The van der Waals surface area contributed by atoms with Crippen LogP contribution in [0.15, 0.2) is 24.3 Å². The molecule has 0 heterocycles. The zero-order chi connectivity index (χ0) is 13.8. The summed E-state index contributed by atoms with van der Waals surface area (Å²) in [4.78, 5) is 23.0. The molecule has 0 N–H and O–H groups in total. The SMILES string of the molecule is CCOC(=O)C(=O)c1cccc(CC(C)(C)F)c1. The molecule has 0 spiro atoms. The van der Waals surface area contributed by atoms with Crippen LogP contribution in [0.2, 0.25) is 0 Å². The van der Waals surface area contributed by atoms with E-state index in [1.54, 1.807) is 19.1 Å². The van der Waals surface area contributed by atoms with Crippen LogP contribution in [0.4, 0.5) is 4.39 Å². The third kappa shape index (κ3) is 4.28. The van der Waals surface area contributed by atoms with Gasteiger partial charge in [-0.25, -0.2) is 9.18 Å². The molecule has 0 aliphatic rings. The van der Waals surface area contributed by atoms with E-state index in [1.807, 2.05) is 0 Å². The van der Waals surface area contributed by atoms with Crippen LogP contribution >= 0.6 is 0 Å². The molecule has 0 unspecified atom stereocenters. The number of Topliss-reactive ketones (excluding diaryl/α,β-unsaturated/α-hetero) is 1. The fourth-order valence-corrected chi connectivity index (χ4v) is 1.62. The lowest BCUT2D eigenvalue weighted by Crippen LogP contribution is -2.19. The van der Waals surface area contributed by atoms with Gasteiger partial charge in [0.15, 0.2) is 0 Å². The normalized spacial score (nSPS) is 11.1. The largest absolute Gasteiger partial charge is 0.460 e. The average molecular weight is 252 g/mol. The number of hydrogen-bond donors (Lipinski definition) is 0. The molecule has 0 fully saturated rings. The first kappa shape index (κ1) is 14.4. The van der Waals surface area contributed by atoms with Gasteiger partial charge in [-0.1, -0.05) is 18.2 Å². The quantitative estimate of drug-likeness (QED) is 0.460. The molecule has 1 aromatic carbocycles. The number of ether oxygens (including phenoxy) is 1. The molecule has 0 aromatic heterocycles. The fraction of sp³-hybridized carbons (Fsp3) is 0.429. The lowest BCUT2D eigenvalue weighted by atomic mass is 9.98. The van der Waals surface area contributed by atoms with Gasteiger partial charge < -0.3 is 4.74 Å². The summed E-state index contributed by atoms with van der Waals surface area (Å²) in [5.41, 5.74) is -0.446. The predicted molar refractivity (Wildman–Crippen MR) is 66.3 cm³/mol. The van der Waals surface area contributed by atoms with Crippen LogP contribution in [0.25, 0.3) is 0 Å². The first-order chi connectivity index (χ1) is 8.33. The van der Waals surface area contributed by atoms with Crippen LogP contribution in [-0.2, 0) is 16.0 Å². The molecule has 0 saturated heterocycles. The van der Waals surface area contributed by atoms with Gasteiger partial charge in [0.1, 0.15) is 5.67 Å². The Bertz CT molecular complexity index is 447. The molecule has 0 amide bonds. The Labute approximate surface area is 106 Å².